The Balaban J connectivity index is 1.28. The largest absolute Gasteiger partial charge is 0.294 e. The summed E-state index contributed by atoms with van der Waals surface area (Å²) in [6, 6.07) is 23.2. The molecule has 2 heterocycles. The lowest BCUT2D eigenvalue weighted by molar-refractivity contribution is 0.0962. The van der Waals surface area contributed by atoms with E-state index in [2.05, 4.69) is 83.7 Å². The number of carbonyl (C=O) groups is 1. The normalized spacial score (nSPS) is 15.8. The van der Waals surface area contributed by atoms with Crippen LogP contribution in [0.5, 0.6) is 0 Å². The van der Waals surface area contributed by atoms with Crippen molar-refractivity contribution in [1.29, 1.82) is 0 Å². The number of nitrogens with zero attached hydrogens (tertiary/aromatic N) is 4. The van der Waals surface area contributed by atoms with E-state index in [1.54, 1.807) is 22.5 Å². The summed E-state index contributed by atoms with van der Waals surface area (Å²) in [5.74, 6) is 1.60. The second-order valence-corrected chi connectivity index (χ2v) is 9.55. The highest BCUT2D eigenvalue weighted by atomic mass is 32.2. The van der Waals surface area contributed by atoms with Gasteiger partial charge in [0, 0.05) is 18.4 Å². The molecular weight excluding hydrogens is 428 g/mol. The van der Waals surface area contributed by atoms with Gasteiger partial charge >= 0.3 is 0 Å². The van der Waals surface area contributed by atoms with E-state index in [-0.39, 0.29) is 11.7 Å². The van der Waals surface area contributed by atoms with Crippen molar-refractivity contribution in [3.8, 4) is 0 Å². The molecule has 0 N–H and O–H groups in total. The van der Waals surface area contributed by atoms with E-state index in [4.69, 9.17) is 4.98 Å². The van der Waals surface area contributed by atoms with Crippen molar-refractivity contribution in [2.24, 2.45) is 0 Å². The van der Waals surface area contributed by atoms with Crippen LogP contribution < -0.4 is 0 Å². The molecular formula is C27H22N4OS. The van der Waals surface area contributed by atoms with Crippen LogP contribution in [0.2, 0.25) is 0 Å². The van der Waals surface area contributed by atoms with Crippen LogP contribution in [0.25, 0.3) is 16.6 Å². The summed E-state index contributed by atoms with van der Waals surface area (Å²) >= 11 is 1.59. The number of fused-ring (bicyclic) bond motifs is 3. The molecule has 0 spiro atoms. The number of hydrogen-bond acceptors (Lipinski definition) is 5. The zero-order chi connectivity index (χ0) is 22.4. The Morgan fingerprint density at radius 1 is 1.00 bits per heavy atom. The highest BCUT2D eigenvalue weighted by Crippen LogP contribution is 2.33. The van der Waals surface area contributed by atoms with E-state index in [9.17, 15) is 4.79 Å². The minimum atomic E-state index is 0.123. The van der Waals surface area contributed by atoms with Gasteiger partial charge in [-0.1, -0.05) is 84.1 Å². The molecule has 0 radical (unpaired) electrons. The fourth-order valence-corrected chi connectivity index (χ4v) is 5.47. The Hall–Kier alpha value is -3.51. The van der Waals surface area contributed by atoms with Crippen molar-refractivity contribution in [2.45, 2.75) is 36.6 Å². The minimum absolute atomic E-state index is 0.123. The van der Waals surface area contributed by atoms with E-state index >= 15 is 0 Å². The van der Waals surface area contributed by atoms with Gasteiger partial charge in [-0.15, -0.1) is 5.10 Å². The van der Waals surface area contributed by atoms with Crippen LogP contribution in [0.15, 0.2) is 78.1 Å². The van der Waals surface area contributed by atoms with Crippen LogP contribution in [0.3, 0.4) is 0 Å². The second kappa shape index (κ2) is 8.12. The summed E-state index contributed by atoms with van der Waals surface area (Å²) in [6.07, 6.45) is 3.05. The zero-order valence-electron chi connectivity index (χ0n) is 18.2. The van der Waals surface area contributed by atoms with E-state index in [0.717, 1.165) is 17.9 Å². The molecule has 1 unspecified atom stereocenters. The molecule has 0 saturated carbocycles. The molecule has 33 heavy (non-hydrogen) atoms. The molecule has 1 atom stereocenters. The molecule has 3 aromatic carbocycles. The first-order chi connectivity index (χ1) is 16.1. The molecule has 5 aromatic rings. The van der Waals surface area contributed by atoms with Crippen molar-refractivity contribution < 1.29 is 4.79 Å². The average molecular weight is 451 g/mol. The van der Waals surface area contributed by atoms with Crippen molar-refractivity contribution in [3.05, 3.63) is 101 Å². The molecule has 0 amide bonds. The molecule has 6 rings (SSSR count). The van der Waals surface area contributed by atoms with Crippen molar-refractivity contribution >= 4 is 34.1 Å². The van der Waals surface area contributed by atoms with Gasteiger partial charge in [0.2, 0.25) is 5.16 Å². The number of ketones is 1. The van der Waals surface area contributed by atoms with Gasteiger partial charge < -0.3 is 0 Å². The summed E-state index contributed by atoms with van der Waals surface area (Å²) in [7, 11) is 0. The average Bonchev–Trinajstić information content (AvgIpc) is 3.23. The number of thioether (sulfide) groups is 1. The number of aromatic nitrogens is 4. The second-order valence-electron chi connectivity index (χ2n) is 8.61. The third-order valence-corrected chi connectivity index (χ3v) is 7.20. The Kier molecular flexibility index (Phi) is 4.95. The lowest BCUT2D eigenvalue weighted by atomic mass is 9.82. The zero-order valence-corrected chi connectivity index (χ0v) is 19.0. The number of benzene rings is 3. The van der Waals surface area contributed by atoms with E-state index in [1.807, 2.05) is 0 Å². The third-order valence-electron chi connectivity index (χ3n) is 6.31. The first-order valence-electron chi connectivity index (χ1n) is 11.1. The SMILES string of the molecule is Cc1cccc(C2CC(=O)c3cn4nc(SCc5cccc6ccccc56)nc4nc3C2)c1. The predicted molar refractivity (Wildman–Crippen MR) is 131 cm³/mol. The van der Waals surface area contributed by atoms with Crippen LogP contribution in [0.1, 0.15) is 45.1 Å². The van der Waals surface area contributed by atoms with Gasteiger partial charge in [0.1, 0.15) is 0 Å². The van der Waals surface area contributed by atoms with Crippen molar-refractivity contribution in [1.82, 2.24) is 19.6 Å². The monoisotopic (exact) mass is 450 g/mol. The van der Waals surface area contributed by atoms with Gasteiger partial charge in [-0.2, -0.15) is 4.98 Å². The topological polar surface area (TPSA) is 60.2 Å². The maximum Gasteiger partial charge on any atom is 0.253 e. The molecule has 0 aliphatic heterocycles. The summed E-state index contributed by atoms with van der Waals surface area (Å²) in [5, 5.41) is 7.74. The van der Waals surface area contributed by atoms with Crippen LogP contribution in [-0.4, -0.2) is 25.4 Å². The lowest BCUT2D eigenvalue weighted by Gasteiger charge is -2.23. The summed E-state index contributed by atoms with van der Waals surface area (Å²) in [4.78, 5) is 22.3. The first kappa shape index (κ1) is 20.1. The van der Waals surface area contributed by atoms with Crippen LogP contribution in [0.4, 0.5) is 0 Å². The van der Waals surface area contributed by atoms with Gasteiger partial charge in [0.25, 0.3) is 5.78 Å². The Morgan fingerprint density at radius 3 is 2.76 bits per heavy atom. The van der Waals surface area contributed by atoms with Crippen LogP contribution in [0, 0.1) is 6.92 Å². The fourth-order valence-electron chi connectivity index (χ4n) is 4.65. The quantitative estimate of drug-likeness (QED) is 0.324. The summed E-state index contributed by atoms with van der Waals surface area (Å²) in [5.41, 5.74) is 5.15. The van der Waals surface area contributed by atoms with E-state index in [1.165, 1.54) is 27.5 Å². The Labute approximate surface area is 195 Å². The molecule has 162 valence electrons. The van der Waals surface area contributed by atoms with Gasteiger partial charge in [-0.25, -0.2) is 9.50 Å². The van der Waals surface area contributed by atoms with Crippen LogP contribution >= 0.6 is 11.8 Å². The van der Waals surface area contributed by atoms with Crippen LogP contribution in [-0.2, 0) is 12.2 Å². The number of hydrogen-bond donors (Lipinski definition) is 0. The summed E-state index contributed by atoms with van der Waals surface area (Å²) in [6.45, 7) is 2.08. The number of aryl methyl sites for hydroxylation is 1. The first-order valence-corrected chi connectivity index (χ1v) is 12.1. The highest BCUT2D eigenvalue weighted by Gasteiger charge is 2.28. The maximum absolute atomic E-state index is 12.9. The van der Waals surface area contributed by atoms with Crippen molar-refractivity contribution in [3.63, 3.8) is 0 Å². The molecule has 1 aliphatic carbocycles. The molecule has 1 aliphatic rings. The minimum Gasteiger partial charge on any atom is -0.294 e. The number of Topliss-reactive ketones (excluding diaryl/α,β-unsaturated/α-hetero) is 1. The molecule has 0 fully saturated rings. The number of carbonyl (C=O) groups excluding carboxylic acids is 1. The van der Waals surface area contributed by atoms with Gasteiger partial charge in [-0.05, 0) is 41.2 Å². The summed E-state index contributed by atoms with van der Waals surface area (Å²) < 4.78 is 1.65. The smallest absolute Gasteiger partial charge is 0.253 e. The Bertz CT molecular complexity index is 1520. The third kappa shape index (κ3) is 3.80. The standard InChI is InChI=1S/C27H22N4OS/c1-17-6-4-9-19(12-17)21-13-24-23(25(32)14-21)15-31-26(28-24)29-27(30-31)33-16-20-10-5-8-18-7-2-3-11-22(18)20/h2-12,15,21H,13-14,16H2,1H3. The predicted octanol–water partition coefficient (Wildman–Crippen LogP) is 5.79. The van der Waals surface area contributed by atoms with Crippen molar-refractivity contribution in [2.75, 3.05) is 0 Å². The Morgan fingerprint density at radius 2 is 1.85 bits per heavy atom. The molecule has 2 aromatic heterocycles. The molecule has 5 nitrogen and oxygen atoms in total. The van der Waals surface area contributed by atoms with E-state index in [0.29, 0.717) is 22.9 Å². The highest BCUT2D eigenvalue weighted by molar-refractivity contribution is 7.98. The molecule has 0 bridgehead atoms. The molecule has 0 saturated heterocycles. The van der Waals surface area contributed by atoms with Gasteiger partial charge in [0.15, 0.2) is 5.78 Å². The van der Waals surface area contributed by atoms with Gasteiger partial charge in [0.05, 0.1) is 11.3 Å². The maximum atomic E-state index is 12.9. The van der Waals surface area contributed by atoms with E-state index < -0.39 is 0 Å². The molecule has 6 heteroatoms. The van der Waals surface area contributed by atoms with Gasteiger partial charge in [-0.3, -0.25) is 4.79 Å². The number of rotatable bonds is 4. The fraction of sp³-hybridized carbons (Fsp3) is 0.185. The lowest BCUT2D eigenvalue weighted by Crippen LogP contribution is -2.21.